The molecule has 0 radical (unpaired) electrons. The Morgan fingerprint density at radius 1 is 0.842 bits per heavy atom. The van der Waals surface area contributed by atoms with E-state index in [1.165, 1.54) is 0 Å². The molecule has 2 aromatic carbocycles. The first kappa shape index (κ1) is 10.2. The molecule has 0 fully saturated rings. The van der Waals surface area contributed by atoms with Crippen LogP contribution in [0.25, 0.3) is 27.6 Å². The van der Waals surface area contributed by atoms with E-state index in [2.05, 4.69) is 21.4 Å². The maximum Gasteiger partial charge on any atom is 0.113 e. The van der Waals surface area contributed by atoms with Crippen molar-refractivity contribution >= 4 is 21.9 Å². The molecule has 0 unspecified atom stereocenters. The molecule has 4 aromatic rings. The van der Waals surface area contributed by atoms with E-state index in [1.54, 1.807) is 0 Å². The molecule has 0 saturated carbocycles. The zero-order chi connectivity index (χ0) is 12.7. The van der Waals surface area contributed by atoms with Crippen LogP contribution in [0, 0.1) is 0 Å². The van der Waals surface area contributed by atoms with Crippen molar-refractivity contribution in [3.8, 4) is 5.69 Å². The van der Waals surface area contributed by atoms with E-state index in [9.17, 15) is 0 Å². The Kier molecular flexibility index (Phi) is 2.08. The molecule has 4 rings (SSSR count). The number of para-hydroxylation sites is 2. The second kappa shape index (κ2) is 3.88. The monoisotopic (exact) mass is 246 g/mol. The third-order valence-corrected chi connectivity index (χ3v) is 3.17. The Balaban J connectivity index is 1.99. The van der Waals surface area contributed by atoms with Gasteiger partial charge in [0.15, 0.2) is 0 Å². The smallest absolute Gasteiger partial charge is 0.113 e. The number of aromatic nitrogens is 4. The molecule has 4 heteroatoms. The predicted octanol–water partition coefficient (Wildman–Crippen LogP) is 2.97. The van der Waals surface area contributed by atoms with Crippen molar-refractivity contribution in [1.29, 1.82) is 0 Å². The molecule has 4 nitrogen and oxygen atoms in total. The molecule has 2 aromatic heterocycles. The number of nitrogens with zero attached hydrogens (tertiary/aromatic N) is 4. The fourth-order valence-electron chi connectivity index (χ4n) is 2.23. The Bertz CT molecular complexity index is 879. The van der Waals surface area contributed by atoms with Crippen molar-refractivity contribution in [1.82, 2.24) is 20.0 Å². The molecular weight excluding hydrogens is 236 g/mol. The molecule has 0 N–H and O–H groups in total. The summed E-state index contributed by atoms with van der Waals surface area (Å²) in [6, 6.07) is 18.0. The lowest BCUT2D eigenvalue weighted by molar-refractivity contribution is 0.822. The van der Waals surface area contributed by atoms with Gasteiger partial charge in [0.25, 0.3) is 0 Å². The number of benzene rings is 2. The summed E-state index contributed by atoms with van der Waals surface area (Å²) >= 11 is 0. The van der Waals surface area contributed by atoms with Gasteiger partial charge in [-0.3, -0.25) is 4.98 Å². The van der Waals surface area contributed by atoms with Gasteiger partial charge in [0.05, 0.1) is 22.9 Å². The van der Waals surface area contributed by atoms with Crippen molar-refractivity contribution < 1.29 is 0 Å². The number of rotatable bonds is 1. The zero-order valence-electron chi connectivity index (χ0n) is 10.1. The van der Waals surface area contributed by atoms with Gasteiger partial charge in [-0.25, -0.2) is 4.68 Å². The maximum atomic E-state index is 4.46. The Labute approximate surface area is 109 Å². The quantitative estimate of drug-likeness (QED) is 0.518. The zero-order valence-corrected chi connectivity index (χ0v) is 10.1. The van der Waals surface area contributed by atoms with E-state index in [-0.39, 0.29) is 0 Å². The van der Waals surface area contributed by atoms with E-state index in [4.69, 9.17) is 0 Å². The van der Waals surface area contributed by atoms with Crippen molar-refractivity contribution in [2.24, 2.45) is 0 Å². The fraction of sp³-hybridized carbons (Fsp3) is 0. The average molecular weight is 246 g/mol. The second-order valence-electron chi connectivity index (χ2n) is 4.38. The average Bonchev–Trinajstić information content (AvgIpc) is 2.91. The molecule has 0 aliphatic carbocycles. The van der Waals surface area contributed by atoms with E-state index >= 15 is 0 Å². The van der Waals surface area contributed by atoms with Crippen molar-refractivity contribution in [2.75, 3.05) is 0 Å². The van der Waals surface area contributed by atoms with Crippen LogP contribution in [0.4, 0.5) is 0 Å². The number of hydrogen-bond acceptors (Lipinski definition) is 3. The van der Waals surface area contributed by atoms with E-state index < -0.39 is 0 Å². The predicted molar refractivity (Wildman–Crippen MR) is 74.2 cm³/mol. The summed E-state index contributed by atoms with van der Waals surface area (Å²) in [6.07, 6.45) is 1.82. The van der Waals surface area contributed by atoms with Gasteiger partial charge < -0.3 is 0 Å². The van der Waals surface area contributed by atoms with Crippen LogP contribution in [0.2, 0.25) is 0 Å². The molecule has 0 bridgehead atoms. The number of pyridine rings is 1. The summed E-state index contributed by atoms with van der Waals surface area (Å²) in [5.41, 5.74) is 3.78. The van der Waals surface area contributed by atoms with Crippen molar-refractivity contribution in [3.63, 3.8) is 0 Å². The first-order valence-electron chi connectivity index (χ1n) is 6.07. The highest BCUT2D eigenvalue weighted by Gasteiger charge is 2.06. The minimum absolute atomic E-state index is 0.885. The SMILES string of the molecule is c1ccc2ncc(-n3nnc4ccccc43)cc2c1. The molecular formula is C15H10N4. The van der Waals surface area contributed by atoms with Gasteiger partial charge in [0.2, 0.25) is 0 Å². The van der Waals surface area contributed by atoms with Crippen LogP contribution in [0.1, 0.15) is 0 Å². The molecule has 0 amide bonds. The van der Waals surface area contributed by atoms with Crippen molar-refractivity contribution in [3.05, 3.63) is 60.8 Å². The van der Waals surface area contributed by atoms with Crippen LogP contribution in [0.15, 0.2) is 60.8 Å². The maximum absolute atomic E-state index is 4.46. The summed E-state index contributed by atoms with van der Waals surface area (Å²) in [4.78, 5) is 4.46. The summed E-state index contributed by atoms with van der Waals surface area (Å²) < 4.78 is 1.81. The highest BCUT2D eigenvalue weighted by Crippen LogP contribution is 2.19. The Morgan fingerprint density at radius 2 is 1.63 bits per heavy atom. The topological polar surface area (TPSA) is 43.6 Å². The van der Waals surface area contributed by atoms with E-state index in [1.807, 2.05) is 59.4 Å². The summed E-state index contributed by atoms with van der Waals surface area (Å²) in [5.74, 6) is 0. The largest absolute Gasteiger partial charge is 0.254 e. The van der Waals surface area contributed by atoms with Crippen LogP contribution >= 0.6 is 0 Å². The molecule has 0 saturated heterocycles. The van der Waals surface area contributed by atoms with Gasteiger partial charge in [-0.1, -0.05) is 35.5 Å². The second-order valence-corrected chi connectivity index (χ2v) is 4.38. The summed E-state index contributed by atoms with van der Waals surface area (Å²) in [5, 5.41) is 9.46. The molecule has 2 heterocycles. The Morgan fingerprint density at radius 3 is 2.58 bits per heavy atom. The molecule has 90 valence electrons. The third kappa shape index (κ3) is 1.57. The third-order valence-electron chi connectivity index (χ3n) is 3.17. The van der Waals surface area contributed by atoms with Crippen LogP contribution in [0.3, 0.4) is 0 Å². The van der Waals surface area contributed by atoms with Gasteiger partial charge in [-0.05, 0) is 24.3 Å². The Hall–Kier alpha value is -2.75. The van der Waals surface area contributed by atoms with Crippen LogP contribution < -0.4 is 0 Å². The van der Waals surface area contributed by atoms with Crippen LogP contribution in [-0.2, 0) is 0 Å². The standard InChI is InChI=1S/C15H10N4/c1-2-6-13-11(5-1)9-12(10-16-13)19-15-8-4-3-7-14(15)17-18-19/h1-10H. The van der Waals surface area contributed by atoms with Crippen molar-refractivity contribution in [2.45, 2.75) is 0 Å². The highest BCUT2D eigenvalue weighted by atomic mass is 15.4. The first-order valence-corrected chi connectivity index (χ1v) is 6.07. The van der Waals surface area contributed by atoms with Gasteiger partial charge in [-0.2, -0.15) is 0 Å². The molecule has 0 spiro atoms. The van der Waals surface area contributed by atoms with Gasteiger partial charge in [0.1, 0.15) is 5.52 Å². The van der Waals surface area contributed by atoms with Crippen LogP contribution in [0.5, 0.6) is 0 Å². The molecule has 0 aliphatic heterocycles. The lowest BCUT2D eigenvalue weighted by atomic mass is 10.2. The van der Waals surface area contributed by atoms with Gasteiger partial charge in [0, 0.05) is 5.39 Å². The summed E-state index contributed by atoms with van der Waals surface area (Å²) in [6.45, 7) is 0. The first-order chi connectivity index (χ1) is 9.42. The lowest BCUT2D eigenvalue weighted by Crippen LogP contribution is -1.97. The molecule has 0 aliphatic rings. The van der Waals surface area contributed by atoms with Crippen LogP contribution in [-0.4, -0.2) is 20.0 Å². The molecule has 0 atom stereocenters. The van der Waals surface area contributed by atoms with E-state index in [0.717, 1.165) is 27.6 Å². The summed E-state index contributed by atoms with van der Waals surface area (Å²) in [7, 11) is 0. The van der Waals surface area contributed by atoms with Gasteiger partial charge in [-0.15, -0.1) is 5.10 Å². The highest BCUT2D eigenvalue weighted by molar-refractivity contribution is 5.81. The minimum Gasteiger partial charge on any atom is -0.254 e. The molecule has 19 heavy (non-hydrogen) atoms. The van der Waals surface area contributed by atoms with Gasteiger partial charge >= 0.3 is 0 Å². The number of hydrogen-bond donors (Lipinski definition) is 0. The minimum atomic E-state index is 0.885. The van der Waals surface area contributed by atoms with E-state index in [0.29, 0.717) is 0 Å². The fourth-order valence-corrected chi connectivity index (χ4v) is 2.23. The normalized spacial score (nSPS) is 11.2. The lowest BCUT2D eigenvalue weighted by Gasteiger charge is -2.03. The number of fused-ring (bicyclic) bond motifs is 2.